The fourth-order valence-corrected chi connectivity index (χ4v) is 2.66. The zero-order valence-corrected chi connectivity index (χ0v) is 15.4. The summed E-state index contributed by atoms with van der Waals surface area (Å²) in [5.41, 5.74) is 0.159. The zero-order valence-electron chi connectivity index (χ0n) is 13.7. The summed E-state index contributed by atoms with van der Waals surface area (Å²) < 4.78 is 52.7. The van der Waals surface area contributed by atoms with Crippen LogP contribution in [0.5, 0.6) is 0 Å². The normalized spacial score (nSPS) is 14.0. The fraction of sp³-hybridized carbons (Fsp3) is 0.750. The highest BCUT2D eigenvalue weighted by Crippen LogP contribution is 2.04. The lowest BCUT2D eigenvalue weighted by Gasteiger charge is -2.24. The van der Waals surface area contributed by atoms with Crippen LogP contribution < -0.4 is 0 Å². The van der Waals surface area contributed by atoms with Crippen LogP contribution in [0.3, 0.4) is 0 Å². The topological polar surface area (TPSA) is 121 Å². The summed E-state index contributed by atoms with van der Waals surface area (Å²) in [6.45, 7) is 3.92. The molecule has 0 aromatic rings. The fourth-order valence-electron chi connectivity index (χ4n) is 1.39. The van der Waals surface area contributed by atoms with E-state index < -0.39 is 32.1 Å². The van der Waals surface area contributed by atoms with Gasteiger partial charge in [-0.05, 0) is 6.92 Å². The Balaban J connectivity index is 4.70. The average molecular weight is 372 g/mol. The molecule has 1 N–H and O–H groups in total. The lowest BCUT2D eigenvalue weighted by Crippen LogP contribution is -2.43. The van der Waals surface area contributed by atoms with Gasteiger partial charge in [-0.15, -0.1) is 0 Å². The summed E-state index contributed by atoms with van der Waals surface area (Å²) in [7, 11) is -5.78. The number of aliphatic hydroxyl groups excluding tert-OH is 1. The van der Waals surface area contributed by atoms with Gasteiger partial charge < -0.3 is 9.84 Å². The summed E-state index contributed by atoms with van der Waals surface area (Å²) in [6, 6.07) is 0. The van der Waals surface area contributed by atoms with Crippen molar-refractivity contribution in [1.82, 2.24) is 8.61 Å². The molecule has 0 fully saturated rings. The smallest absolute Gasteiger partial charge is 0.333 e. The number of nitrogens with zero attached hydrogens (tertiary/aromatic N) is 2. The molecule has 0 aliphatic heterocycles. The van der Waals surface area contributed by atoms with Crippen molar-refractivity contribution in [3.63, 3.8) is 0 Å². The van der Waals surface area contributed by atoms with Crippen LogP contribution in [0.15, 0.2) is 12.2 Å². The summed E-state index contributed by atoms with van der Waals surface area (Å²) in [6.07, 6.45) is 0.709. The third-order valence-corrected chi connectivity index (χ3v) is 5.45. The predicted octanol–water partition coefficient (Wildman–Crippen LogP) is -1.38. The predicted molar refractivity (Wildman–Crippen MR) is 85.7 cm³/mol. The van der Waals surface area contributed by atoms with E-state index in [9.17, 15) is 26.7 Å². The Labute approximate surface area is 137 Å². The molecule has 136 valence electrons. The number of aliphatic hydroxyl groups is 1. The van der Waals surface area contributed by atoms with Crippen LogP contribution in [0.25, 0.3) is 0 Å². The Morgan fingerprint density at radius 3 is 2.09 bits per heavy atom. The number of ether oxygens (including phenoxy) is 1. The number of esters is 1. The molecular formula is C12H24N2O7S2. The molecule has 0 saturated carbocycles. The Kier molecular flexibility index (Phi) is 8.35. The zero-order chi connectivity index (χ0) is 18.4. The summed E-state index contributed by atoms with van der Waals surface area (Å²) >= 11 is 0. The van der Waals surface area contributed by atoms with Gasteiger partial charge in [0.2, 0.25) is 20.0 Å². The first kappa shape index (κ1) is 22.0. The molecule has 9 nitrogen and oxygen atoms in total. The van der Waals surface area contributed by atoms with Crippen LogP contribution in [0.2, 0.25) is 0 Å². The van der Waals surface area contributed by atoms with Gasteiger partial charge in [-0.1, -0.05) is 6.58 Å². The monoisotopic (exact) mass is 372 g/mol. The molecule has 0 bridgehead atoms. The second kappa shape index (κ2) is 8.73. The van der Waals surface area contributed by atoms with Gasteiger partial charge in [0.05, 0.1) is 12.5 Å². The standard InChI is InChI=1S/C12H24N2O7S2/c1-10(2)12(16)21-9-11(15)8-14(23(5,19)20)7-6-13(3)22(4,17)18/h11,15H,1,6-9H2,2-5H3. The molecule has 0 aromatic heterocycles. The van der Waals surface area contributed by atoms with Gasteiger partial charge in [0, 0.05) is 32.3 Å². The second-order valence-corrected chi connectivity index (χ2v) is 9.31. The van der Waals surface area contributed by atoms with Crippen molar-refractivity contribution in [2.75, 3.05) is 45.8 Å². The van der Waals surface area contributed by atoms with E-state index in [2.05, 4.69) is 6.58 Å². The summed E-state index contributed by atoms with van der Waals surface area (Å²) in [5, 5.41) is 9.79. The van der Waals surface area contributed by atoms with Crippen LogP contribution in [0.4, 0.5) is 0 Å². The molecule has 0 aliphatic carbocycles. The van der Waals surface area contributed by atoms with E-state index in [-0.39, 0.29) is 31.8 Å². The molecule has 0 amide bonds. The highest BCUT2D eigenvalue weighted by molar-refractivity contribution is 7.88. The Morgan fingerprint density at radius 2 is 1.70 bits per heavy atom. The van der Waals surface area contributed by atoms with Crippen molar-refractivity contribution in [3.05, 3.63) is 12.2 Å². The van der Waals surface area contributed by atoms with Gasteiger partial charge in [0.1, 0.15) is 12.7 Å². The van der Waals surface area contributed by atoms with E-state index in [4.69, 9.17) is 4.74 Å². The number of carbonyl (C=O) groups is 1. The van der Waals surface area contributed by atoms with Crippen LogP contribution in [-0.2, 0) is 29.6 Å². The van der Waals surface area contributed by atoms with Gasteiger partial charge >= 0.3 is 5.97 Å². The first-order chi connectivity index (χ1) is 10.2. The third-order valence-electron chi connectivity index (χ3n) is 2.87. The molecule has 0 heterocycles. The van der Waals surface area contributed by atoms with Gasteiger partial charge in [-0.2, -0.15) is 4.31 Å². The maximum Gasteiger partial charge on any atom is 0.333 e. The summed E-state index contributed by atoms with van der Waals surface area (Å²) in [4.78, 5) is 11.2. The molecule has 0 aromatic carbocycles. The van der Waals surface area contributed by atoms with Crippen LogP contribution in [0, 0.1) is 0 Å². The van der Waals surface area contributed by atoms with Crippen molar-refractivity contribution in [3.8, 4) is 0 Å². The van der Waals surface area contributed by atoms with Crippen LogP contribution in [0.1, 0.15) is 6.92 Å². The lowest BCUT2D eigenvalue weighted by atomic mass is 10.3. The van der Waals surface area contributed by atoms with Gasteiger partial charge in [-0.25, -0.2) is 25.9 Å². The molecule has 0 radical (unpaired) electrons. The van der Waals surface area contributed by atoms with Crippen molar-refractivity contribution in [2.45, 2.75) is 13.0 Å². The largest absolute Gasteiger partial charge is 0.460 e. The Bertz CT molecular complexity index is 628. The van der Waals surface area contributed by atoms with E-state index in [1.165, 1.54) is 14.0 Å². The maximum absolute atomic E-state index is 11.7. The molecule has 0 saturated heterocycles. The summed E-state index contributed by atoms with van der Waals surface area (Å²) in [5.74, 6) is -0.688. The van der Waals surface area contributed by atoms with Crippen LogP contribution >= 0.6 is 0 Å². The molecule has 0 aliphatic rings. The van der Waals surface area contributed by atoms with Crippen molar-refractivity contribution < 1.29 is 31.5 Å². The molecule has 0 spiro atoms. The van der Waals surface area contributed by atoms with E-state index in [0.717, 1.165) is 21.1 Å². The van der Waals surface area contributed by atoms with Crippen molar-refractivity contribution in [1.29, 1.82) is 0 Å². The number of sulfonamides is 2. The Morgan fingerprint density at radius 1 is 1.17 bits per heavy atom. The van der Waals surface area contributed by atoms with Crippen molar-refractivity contribution in [2.24, 2.45) is 0 Å². The van der Waals surface area contributed by atoms with Crippen molar-refractivity contribution >= 4 is 26.0 Å². The first-order valence-electron chi connectivity index (χ1n) is 6.62. The molecule has 1 unspecified atom stereocenters. The maximum atomic E-state index is 11.7. The molecule has 11 heteroatoms. The number of hydrogen-bond acceptors (Lipinski definition) is 7. The number of likely N-dealkylation sites (N-methyl/N-ethyl adjacent to an activating group) is 1. The van der Waals surface area contributed by atoms with Gasteiger partial charge in [-0.3, -0.25) is 0 Å². The second-order valence-electron chi connectivity index (χ2n) is 5.24. The molecule has 23 heavy (non-hydrogen) atoms. The van der Waals surface area contributed by atoms with E-state index in [1.807, 2.05) is 0 Å². The number of carbonyl (C=O) groups excluding carboxylic acids is 1. The van der Waals surface area contributed by atoms with Gasteiger partial charge in [0.25, 0.3) is 0 Å². The lowest BCUT2D eigenvalue weighted by molar-refractivity contribution is -0.142. The van der Waals surface area contributed by atoms with Gasteiger partial charge in [0.15, 0.2) is 0 Å². The first-order valence-corrected chi connectivity index (χ1v) is 10.3. The minimum absolute atomic E-state index is 0.0653. The number of rotatable bonds is 10. The highest BCUT2D eigenvalue weighted by atomic mass is 32.2. The number of hydrogen-bond donors (Lipinski definition) is 1. The molecule has 1 atom stereocenters. The van der Waals surface area contributed by atoms with Crippen LogP contribution in [-0.4, -0.2) is 88.4 Å². The Hall–Kier alpha value is -1.01. The van der Waals surface area contributed by atoms with E-state index >= 15 is 0 Å². The minimum Gasteiger partial charge on any atom is -0.460 e. The minimum atomic E-state index is -3.66. The van der Waals surface area contributed by atoms with E-state index in [0.29, 0.717) is 0 Å². The molecule has 0 rings (SSSR count). The molecular weight excluding hydrogens is 348 g/mol. The van der Waals surface area contributed by atoms with E-state index in [1.54, 1.807) is 0 Å². The average Bonchev–Trinajstić information content (AvgIpc) is 2.37. The third kappa shape index (κ3) is 9.01. The SMILES string of the molecule is C=C(C)C(=O)OCC(O)CN(CCN(C)S(C)(=O)=O)S(C)(=O)=O. The highest BCUT2D eigenvalue weighted by Gasteiger charge is 2.23. The quantitative estimate of drug-likeness (QED) is 0.370.